The van der Waals surface area contributed by atoms with Crippen molar-refractivity contribution in [2.24, 2.45) is 5.92 Å². The molecule has 1 saturated heterocycles. The predicted molar refractivity (Wildman–Crippen MR) is 119 cm³/mol. The van der Waals surface area contributed by atoms with Crippen LogP contribution in [-0.2, 0) is 11.3 Å². The first-order chi connectivity index (χ1) is 15.3. The van der Waals surface area contributed by atoms with Crippen molar-refractivity contribution in [3.05, 3.63) is 70.8 Å². The maximum atomic E-state index is 14.0. The van der Waals surface area contributed by atoms with Gasteiger partial charge in [0.1, 0.15) is 11.6 Å². The second-order valence-electron chi connectivity index (χ2n) is 9.28. The molecule has 4 rings (SSSR count). The summed E-state index contributed by atoms with van der Waals surface area (Å²) < 4.78 is 27.1. The lowest BCUT2D eigenvalue weighted by Gasteiger charge is -2.34. The smallest absolute Gasteiger partial charge is 0.256 e. The topological polar surface area (TPSA) is 40.6 Å². The largest absolute Gasteiger partial charge is 0.339 e. The second-order valence-corrected chi connectivity index (χ2v) is 9.28. The first kappa shape index (κ1) is 22.4. The minimum atomic E-state index is -0.850. The van der Waals surface area contributed by atoms with Gasteiger partial charge in [0.25, 0.3) is 5.91 Å². The number of rotatable bonds is 6. The van der Waals surface area contributed by atoms with E-state index in [-0.39, 0.29) is 17.4 Å². The van der Waals surface area contributed by atoms with Crippen LogP contribution in [0.15, 0.2) is 42.5 Å². The van der Waals surface area contributed by atoms with E-state index in [1.165, 1.54) is 11.6 Å². The van der Waals surface area contributed by atoms with Gasteiger partial charge in [-0.3, -0.25) is 9.59 Å². The molecule has 0 atom stereocenters. The third-order valence-electron chi connectivity index (χ3n) is 6.56. The molecule has 1 saturated carbocycles. The van der Waals surface area contributed by atoms with Crippen molar-refractivity contribution in [1.29, 1.82) is 0 Å². The van der Waals surface area contributed by atoms with Gasteiger partial charge in [0.15, 0.2) is 0 Å². The van der Waals surface area contributed by atoms with Crippen LogP contribution in [0.1, 0.15) is 66.9 Å². The van der Waals surface area contributed by atoms with Crippen molar-refractivity contribution in [3.63, 3.8) is 0 Å². The molecule has 1 aliphatic heterocycles. The van der Waals surface area contributed by atoms with E-state index < -0.39 is 17.5 Å². The first-order valence-corrected chi connectivity index (χ1v) is 11.5. The van der Waals surface area contributed by atoms with E-state index in [4.69, 9.17) is 0 Å². The van der Waals surface area contributed by atoms with Gasteiger partial charge in [-0.25, -0.2) is 8.78 Å². The molecule has 4 nitrogen and oxygen atoms in total. The molecule has 0 aromatic heterocycles. The number of hydrogen-bond acceptors (Lipinski definition) is 2. The summed E-state index contributed by atoms with van der Waals surface area (Å²) in [5.74, 6) is -1.51. The van der Waals surface area contributed by atoms with E-state index in [9.17, 15) is 18.4 Å². The Hall–Kier alpha value is -2.76. The fourth-order valence-electron chi connectivity index (χ4n) is 4.38. The minimum absolute atomic E-state index is 0.124. The lowest BCUT2D eigenvalue weighted by Crippen LogP contribution is -2.45. The maximum Gasteiger partial charge on any atom is 0.256 e. The number of carbonyl (C=O) groups excluding carboxylic acids is 2. The number of halogens is 2. The average Bonchev–Trinajstić information content (AvgIpc) is 3.62. The van der Waals surface area contributed by atoms with Crippen molar-refractivity contribution >= 4 is 11.8 Å². The summed E-state index contributed by atoms with van der Waals surface area (Å²) in [6.07, 6.45) is 3.19. The summed E-state index contributed by atoms with van der Waals surface area (Å²) in [6.45, 7) is 5.73. The molecule has 1 aliphatic carbocycles. The fourth-order valence-corrected chi connectivity index (χ4v) is 4.38. The zero-order valence-corrected chi connectivity index (χ0v) is 18.7. The normalized spacial score (nSPS) is 17.0. The van der Waals surface area contributed by atoms with E-state index in [2.05, 4.69) is 38.1 Å². The van der Waals surface area contributed by atoms with Crippen LogP contribution in [0.25, 0.3) is 0 Å². The first-order valence-electron chi connectivity index (χ1n) is 11.5. The van der Waals surface area contributed by atoms with Crippen LogP contribution >= 0.6 is 0 Å². The van der Waals surface area contributed by atoms with E-state index in [1.54, 1.807) is 4.90 Å². The van der Waals surface area contributed by atoms with Gasteiger partial charge in [-0.1, -0.05) is 38.1 Å². The Morgan fingerprint density at radius 3 is 2.22 bits per heavy atom. The van der Waals surface area contributed by atoms with Gasteiger partial charge < -0.3 is 9.80 Å². The lowest BCUT2D eigenvalue weighted by molar-refractivity contribution is -0.138. The zero-order valence-electron chi connectivity index (χ0n) is 18.7. The van der Waals surface area contributed by atoms with E-state index in [0.717, 1.165) is 30.5 Å². The SMILES string of the molecule is CC(C)c1ccc(CN(C(=O)C2CCN(C(=O)c3ccc(F)cc3F)CC2)C2CC2)cc1. The Bertz CT molecular complexity index is 978. The van der Waals surface area contributed by atoms with E-state index in [0.29, 0.717) is 44.4 Å². The maximum absolute atomic E-state index is 14.0. The highest BCUT2D eigenvalue weighted by atomic mass is 19.1. The molecule has 0 radical (unpaired) electrons. The Morgan fingerprint density at radius 1 is 1.00 bits per heavy atom. The van der Waals surface area contributed by atoms with Gasteiger partial charge in [-0.2, -0.15) is 0 Å². The summed E-state index contributed by atoms with van der Waals surface area (Å²) >= 11 is 0. The Morgan fingerprint density at radius 2 is 1.66 bits per heavy atom. The Kier molecular flexibility index (Phi) is 6.58. The van der Waals surface area contributed by atoms with Crippen molar-refractivity contribution in [1.82, 2.24) is 9.80 Å². The van der Waals surface area contributed by atoms with E-state index in [1.807, 2.05) is 4.90 Å². The molecular weight excluding hydrogens is 410 g/mol. The van der Waals surface area contributed by atoms with Gasteiger partial charge in [0.2, 0.25) is 5.91 Å². The van der Waals surface area contributed by atoms with Gasteiger partial charge in [0, 0.05) is 37.7 Å². The van der Waals surface area contributed by atoms with Crippen LogP contribution < -0.4 is 0 Å². The molecule has 1 heterocycles. The minimum Gasteiger partial charge on any atom is -0.339 e. The van der Waals surface area contributed by atoms with Crippen molar-refractivity contribution in [2.45, 2.75) is 58.0 Å². The number of hydrogen-bond donors (Lipinski definition) is 0. The molecule has 2 fully saturated rings. The molecule has 0 N–H and O–H groups in total. The van der Waals surface area contributed by atoms with Crippen molar-refractivity contribution < 1.29 is 18.4 Å². The van der Waals surface area contributed by atoms with Gasteiger partial charge in [0.05, 0.1) is 5.56 Å². The molecule has 0 spiro atoms. The number of carbonyl (C=O) groups is 2. The van der Waals surface area contributed by atoms with Gasteiger partial charge in [-0.15, -0.1) is 0 Å². The molecule has 0 unspecified atom stereocenters. The molecule has 32 heavy (non-hydrogen) atoms. The molecule has 2 aliphatic rings. The van der Waals surface area contributed by atoms with Crippen LogP contribution in [0.3, 0.4) is 0 Å². The number of likely N-dealkylation sites (tertiary alicyclic amines) is 1. The predicted octanol–water partition coefficient (Wildman–Crippen LogP) is 5.13. The summed E-state index contributed by atoms with van der Waals surface area (Å²) in [6, 6.07) is 11.8. The Balaban J connectivity index is 1.37. The second kappa shape index (κ2) is 9.39. The Labute approximate surface area is 188 Å². The quantitative estimate of drug-likeness (QED) is 0.625. The lowest BCUT2D eigenvalue weighted by atomic mass is 9.94. The highest BCUT2D eigenvalue weighted by molar-refractivity contribution is 5.94. The van der Waals surface area contributed by atoms with Crippen molar-refractivity contribution in [3.8, 4) is 0 Å². The van der Waals surface area contributed by atoms with Crippen LogP contribution in [-0.4, -0.2) is 40.7 Å². The summed E-state index contributed by atoms with van der Waals surface area (Å²) in [7, 11) is 0. The molecule has 2 amide bonds. The number of amides is 2. The highest BCUT2D eigenvalue weighted by Gasteiger charge is 2.37. The fraction of sp³-hybridized carbons (Fsp3) is 0.462. The third-order valence-corrected chi connectivity index (χ3v) is 6.56. The monoisotopic (exact) mass is 440 g/mol. The number of piperidine rings is 1. The molecule has 2 aromatic carbocycles. The zero-order chi connectivity index (χ0) is 22.8. The van der Waals surface area contributed by atoms with Crippen LogP contribution in [0.2, 0.25) is 0 Å². The molecule has 2 aromatic rings. The van der Waals surface area contributed by atoms with Crippen LogP contribution in [0.4, 0.5) is 8.78 Å². The van der Waals surface area contributed by atoms with Gasteiger partial charge >= 0.3 is 0 Å². The molecule has 0 bridgehead atoms. The van der Waals surface area contributed by atoms with E-state index >= 15 is 0 Å². The standard InChI is InChI=1S/C26H30F2N2O2/c1-17(2)19-5-3-18(4-6-19)16-30(22-8-9-22)25(31)20-11-13-29(14-12-20)26(32)23-10-7-21(27)15-24(23)28/h3-7,10,15,17,20,22H,8-9,11-14,16H2,1-2H3. The summed E-state index contributed by atoms with van der Waals surface area (Å²) in [4.78, 5) is 29.5. The summed E-state index contributed by atoms with van der Waals surface area (Å²) in [5.41, 5.74) is 2.29. The van der Waals surface area contributed by atoms with Crippen LogP contribution in [0.5, 0.6) is 0 Å². The molecule has 170 valence electrons. The summed E-state index contributed by atoms with van der Waals surface area (Å²) in [5, 5.41) is 0. The highest BCUT2D eigenvalue weighted by Crippen LogP contribution is 2.32. The van der Waals surface area contributed by atoms with Gasteiger partial charge in [-0.05, 0) is 54.9 Å². The number of benzene rings is 2. The van der Waals surface area contributed by atoms with Crippen LogP contribution in [0, 0.1) is 17.6 Å². The number of nitrogens with zero attached hydrogens (tertiary/aromatic N) is 2. The molecule has 6 heteroatoms. The van der Waals surface area contributed by atoms with Crippen molar-refractivity contribution in [2.75, 3.05) is 13.1 Å². The third kappa shape index (κ3) is 5.00. The molecular formula is C26H30F2N2O2. The average molecular weight is 441 g/mol.